The monoisotopic (exact) mass is 455 g/mol. The number of hydrogen-bond donors (Lipinski definition) is 1. The number of carbonyl (C=O) groups is 1. The minimum Gasteiger partial charge on any atom is -0.441 e. The summed E-state index contributed by atoms with van der Waals surface area (Å²) in [6.07, 6.45) is 1.62. The first kappa shape index (κ1) is 21.7. The number of benzene rings is 2. The number of aromatic nitrogens is 2. The summed E-state index contributed by atoms with van der Waals surface area (Å²) in [6, 6.07) is 16.8. The number of likely N-dealkylation sites (N-methyl/N-ethyl adjacent to an activating group) is 1. The van der Waals surface area contributed by atoms with Crippen LogP contribution in [0.5, 0.6) is 5.75 Å². The van der Waals surface area contributed by atoms with E-state index in [4.69, 9.17) is 10.5 Å². The van der Waals surface area contributed by atoms with Crippen LogP contribution in [0.25, 0.3) is 11.3 Å². The van der Waals surface area contributed by atoms with Crippen LogP contribution in [-0.2, 0) is 4.79 Å². The van der Waals surface area contributed by atoms with Crippen LogP contribution >= 0.6 is 0 Å². The Kier molecular flexibility index (Phi) is 6.01. The van der Waals surface area contributed by atoms with E-state index in [0.717, 1.165) is 29.9 Å². The zero-order valence-electron chi connectivity index (χ0n) is 18.9. The van der Waals surface area contributed by atoms with Crippen molar-refractivity contribution in [2.24, 2.45) is 9.98 Å². The number of nitrogens with zero attached hydrogens (tertiary/aromatic N) is 6. The van der Waals surface area contributed by atoms with Gasteiger partial charge >= 0.3 is 0 Å². The van der Waals surface area contributed by atoms with Crippen LogP contribution in [0, 0.1) is 0 Å². The summed E-state index contributed by atoms with van der Waals surface area (Å²) in [5, 5.41) is 0. The average molecular weight is 456 g/mol. The molecule has 1 amide bonds. The minimum atomic E-state index is -0.0644. The largest absolute Gasteiger partial charge is 0.441 e. The summed E-state index contributed by atoms with van der Waals surface area (Å²) < 4.78 is 6.05. The van der Waals surface area contributed by atoms with Crippen molar-refractivity contribution in [3.05, 3.63) is 66.4 Å². The molecule has 0 radical (unpaired) electrons. The third-order valence-electron chi connectivity index (χ3n) is 5.83. The number of ether oxygens (including phenoxy) is 1. The van der Waals surface area contributed by atoms with Gasteiger partial charge in [0.05, 0.1) is 11.4 Å². The van der Waals surface area contributed by atoms with E-state index in [1.54, 1.807) is 12.3 Å². The molecule has 9 nitrogen and oxygen atoms in total. The maximum atomic E-state index is 13.3. The molecule has 0 atom stereocenters. The first-order chi connectivity index (χ1) is 16.6. The number of piperazine rings is 1. The average Bonchev–Trinajstić information content (AvgIpc) is 3.04. The lowest BCUT2D eigenvalue weighted by Gasteiger charge is -2.32. The number of carbonyl (C=O) groups excluding carboxylic acids is 1. The van der Waals surface area contributed by atoms with Gasteiger partial charge in [0.15, 0.2) is 0 Å². The third kappa shape index (κ3) is 4.65. The number of aliphatic imine (C=N–C) groups is 2. The molecule has 3 heterocycles. The topological polar surface area (TPSA) is 109 Å². The van der Waals surface area contributed by atoms with E-state index in [-0.39, 0.29) is 18.4 Å². The van der Waals surface area contributed by atoms with Gasteiger partial charge in [-0.05, 0) is 43.4 Å². The molecule has 2 aliphatic heterocycles. The molecule has 3 aromatic rings. The lowest BCUT2D eigenvalue weighted by atomic mass is 10.1. The van der Waals surface area contributed by atoms with Crippen molar-refractivity contribution in [3.8, 4) is 17.0 Å². The van der Waals surface area contributed by atoms with Gasteiger partial charge in [-0.2, -0.15) is 0 Å². The van der Waals surface area contributed by atoms with Crippen molar-refractivity contribution in [1.82, 2.24) is 19.8 Å². The van der Waals surface area contributed by atoms with Crippen molar-refractivity contribution < 1.29 is 9.53 Å². The molecule has 9 heteroatoms. The highest BCUT2D eigenvalue weighted by Crippen LogP contribution is 2.25. The Labute approximate surface area is 197 Å². The molecule has 2 aliphatic rings. The van der Waals surface area contributed by atoms with Gasteiger partial charge in [-0.15, -0.1) is 0 Å². The van der Waals surface area contributed by atoms with Crippen molar-refractivity contribution >= 4 is 29.2 Å². The molecule has 1 fully saturated rings. The lowest BCUT2D eigenvalue weighted by molar-refractivity contribution is -0.125. The Morgan fingerprint density at radius 1 is 1.00 bits per heavy atom. The van der Waals surface area contributed by atoms with Gasteiger partial charge in [0, 0.05) is 43.5 Å². The fourth-order valence-electron chi connectivity index (χ4n) is 3.93. The SMILES string of the molecule is CN1CCN(C(=O)C2=NCC(Oc3ccc(-c4ccnc(N)n4)cc3)=Nc3ccccc32)CC1. The Morgan fingerprint density at radius 3 is 2.53 bits per heavy atom. The Hall–Kier alpha value is -4.11. The van der Waals surface area contributed by atoms with Crippen molar-refractivity contribution in [2.45, 2.75) is 0 Å². The molecule has 0 bridgehead atoms. The molecule has 0 spiro atoms. The van der Waals surface area contributed by atoms with Crippen molar-refractivity contribution in [2.75, 3.05) is 45.5 Å². The number of amides is 1. The molecule has 1 saturated heterocycles. The van der Waals surface area contributed by atoms with Gasteiger partial charge in [0.1, 0.15) is 18.0 Å². The molecule has 2 aromatic carbocycles. The molecule has 0 saturated carbocycles. The van der Waals surface area contributed by atoms with Crippen LogP contribution in [-0.4, -0.2) is 77.1 Å². The maximum Gasteiger partial charge on any atom is 0.272 e. The third-order valence-corrected chi connectivity index (χ3v) is 5.83. The van der Waals surface area contributed by atoms with E-state index < -0.39 is 0 Å². The van der Waals surface area contributed by atoms with E-state index >= 15 is 0 Å². The van der Waals surface area contributed by atoms with E-state index in [2.05, 4.69) is 31.9 Å². The van der Waals surface area contributed by atoms with Crippen LogP contribution in [0.3, 0.4) is 0 Å². The predicted octanol–water partition coefficient (Wildman–Crippen LogP) is 2.41. The Balaban J connectivity index is 1.37. The second-order valence-electron chi connectivity index (χ2n) is 8.21. The van der Waals surface area contributed by atoms with Gasteiger partial charge in [0.25, 0.3) is 5.91 Å². The Morgan fingerprint density at radius 2 is 1.76 bits per heavy atom. The van der Waals surface area contributed by atoms with E-state index in [1.807, 2.05) is 53.4 Å². The first-order valence-corrected chi connectivity index (χ1v) is 11.1. The number of nitrogens with two attached hydrogens (primary N) is 1. The summed E-state index contributed by atoms with van der Waals surface area (Å²) in [5.74, 6) is 1.20. The summed E-state index contributed by atoms with van der Waals surface area (Å²) >= 11 is 0. The quantitative estimate of drug-likeness (QED) is 0.650. The van der Waals surface area contributed by atoms with E-state index in [9.17, 15) is 4.79 Å². The fourth-order valence-corrected chi connectivity index (χ4v) is 3.93. The fraction of sp³-hybridized carbons (Fsp3) is 0.240. The second-order valence-corrected chi connectivity index (χ2v) is 8.21. The molecule has 172 valence electrons. The van der Waals surface area contributed by atoms with Crippen LogP contribution in [0.4, 0.5) is 11.6 Å². The molecule has 0 aliphatic carbocycles. The van der Waals surface area contributed by atoms with Crippen molar-refractivity contribution in [1.29, 1.82) is 0 Å². The standard InChI is InChI=1S/C25H25N7O2/c1-31-12-14-32(15-13-31)24(33)23-19-4-2-3-5-21(19)29-22(16-28-23)34-18-8-6-17(7-9-18)20-10-11-27-25(26)30-20/h2-11H,12-16H2,1H3,(H2,26,27,30). The highest BCUT2D eigenvalue weighted by atomic mass is 16.5. The lowest BCUT2D eigenvalue weighted by Crippen LogP contribution is -2.49. The molecule has 0 unspecified atom stereocenters. The van der Waals surface area contributed by atoms with Crippen molar-refractivity contribution in [3.63, 3.8) is 0 Å². The van der Waals surface area contributed by atoms with Crippen LogP contribution in [0.15, 0.2) is 70.8 Å². The molecular weight excluding hydrogens is 430 g/mol. The van der Waals surface area contributed by atoms with Gasteiger partial charge in [-0.1, -0.05) is 18.2 Å². The molecule has 1 aromatic heterocycles. The zero-order valence-corrected chi connectivity index (χ0v) is 18.9. The highest BCUT2D eigenvalue weighted by molar-refractivity contribution is 6.46. The number of hydrogen-bond acceptors (Lipinski definition) is 8. The smallest absolute Gasteiger partial charge is 0.272 e. The summed E-state index contributed by atoms with van der Waals surface area (Å²) in [5.41, 5.74) is 9.14. The normalized spacial score (nSPS) is 16.2. The minimum absolute atomic E-state index is 0.0644. The first-order valence-electron chi connectivity index (χ1n) is 11.1. The van der Waals surface area contributed by atoms with Crippen LogP contribution < -0.4 is 10.5 Å². The van der Waals surface area contributed by atoms with Crippen LogP contribution in [0.1, 0.15) is 5.56 Å². The highest BCUT2D eigenvalue weighted by Gasteiger charge is 2.27. The zero-order chi connectivity index (χ0) is 23.5. The van der Waals surface area contributed by atoms with Gasteiger partial charge < -0.3 is 20.3 Å². The van der Waals surface area contributed by atoms with Gasteiger partial charge in [-0.3, -0.25) is 9.79 Å². The number of fused-ring (bicyclic) bond motifs is 1. The van der Waals surface area contributed by atoms with E-state index in [0.29, 0.717) is 36.1 Å². The Bertz CT molecular complexity index is 1260. The molecular formula is C25H25N7O2. The summed E-state index contributed by atoms with van der Waals surface area (Å²) in [6.45, 7) is 3.25. The predicted molar refractivity (Wildman–Crippen MR) is 132 cm³/mol. The molecule has 2 N–H and O–H groups in total. The van der Waals surface area contributed by atoms with Crippen LogP contribution in [0.2, 0.25) is 0 Å². The second kappa shape index (κ2) is 9.40. The number of anilines is 1. The van der Waals surface area contributed by atoms with Gasteiger partial charge in [-0.25, -0.2) is 15.0 Å². The summed E-state index contributed by atoms with van der Waals surface area (Å²) in [7, 11) is 2.06. The maximum absolute atomic E-state index is 13.3. The van der Waals surface area contributed by atoms with E-state index in [1.165, 1.54) is 0 Å². The molecule has 34 heavy (non-hydrogen) atoms. The number of nitrogen functional groups attached to an aromatic ring is 1. The molecule has 5 rings (SSSR count). The van der Waals surface area contributed by atoms with Gasteiger partial charge in [0.2, 0.25) is 11.8 Å². The number of rotatable bonds is 3. The number of para-hydroxylation sites is 1. The summed E-state index contributed by atoms with van der Waals surface area (Å²) in [4.78, 5) is 34.9.